The summed E-state index contributed by atoms with van der Waals surface area (Å²) in [4.78, 5) is 23.7. The Morgan fingerprint density at radius 3 is 2.47 bits per heavy atom. The Morgan fingerprint density at radius 1 is 1.13 bits per heavy atom. The number of pyridine rings is 1. The maximum atomic E-state index is 13.4. The molecular formula is C20H18F3N5O2. The van der Waals surface area contributed by atoms with Gasteiger partial charge in [0.25, 0.3) is 12.3 Å². The van der Waals surface area contributed by atoms with Crippen LogP contribution in [-0.4, -0.2) is 34.5 Å². The van der Waals surface area contributed by atoms with Gasteiger partial charge in [0.05, 0.1) is 11.3 Å². The number of rotatable bonds is 6. The van der Waals surface area contributed by atoms with Gasteiger partial charge in [-0.05, 0) is 48.9 Å². The van der Waals surface area contributed by atoms with Gasteiger partial charge in [-0.1, -0.05) is 0 Å². The van der Waals surface area contributed by atoms with Gasteiger partial charge < -0.3 is 15.8 Å². The molecule has 30 heavy (non-hydrogen) atoms. The smallest absolute Gasteiger partial charge is 0.280 e. The van der Waals surface area contributed by atoms with Crippen LogP contribution in [0.4, 0.5) is 19.1 Å². The zero-order valence-corrected chi connectivity index (χ0v) is 16.1. The fourth-order valence-electron chi connectivity index (χ4n) is 2.79. The summed E-state index contributed by atoms with van der Waals surface area (Å²) in [5.41, 5.74) is 6.92. The zero-order valence-electron chi connectivity index (χ0n) is 16.1. The van der Waals surface area contributed by atoms with Gasteiger partial charge >= 0.3 is 0 Å². The number of hydrogen-bond donors (Lipinski definition) is 2. The summed E-state index contributed by atoms with van der Waals surface area (Å²) < 4.78 is 45.6. The Kier molecular flexibility index (Phi) is 6.14. The number of alkyl halides is 2. The van der Waals surface area contributed by atoms with E-state index in [4.69, 9.17) is 10.5 Å². The molecule has 0 unspecified atom stereocenters. The Balaban J connectivity index is 2.26. The number of nitrogens with zero attached hydrogens (tertiary/aromatic N) is 3. The van der Waals surface area contributed by atoms with E-state index < -0.39 is 23.8 Å². The van der Waals surface area contributed by atoms with E-state index >= 15 is 0 Å². The Hall–Kier alpha value is -3.69. The molecule has 1 aromatic carbocycles. The van der Waals surface area contributed by atoms with Crippen molar-refractivity contribution in [2.24, 2.45) is 0 Å². The lowest BCUT2D eigenvalue weighted by Crippen LogP contribution is -2.25. The number of nitrogens with one attached hydrogen (secondary N) is 1. The molecule has 0 radical (unpaired) electrons. The number of aromatic nitrogens is 3. The number of nitrogen functional groups attached to an aromatic ring is 1. The maximum Gasteiger partial charge on any atom is 0.280 e. The molecule has 0 saturated carbocycles. The molecule has 0 spiro atoms. The van der Waals surface area contributed by atoms with Crippen molar-refractivity contribution >= 4 is 11.9 Å². The minimum atomic E-state index is -2.80. The third kappa shape index (κ3) is 4.65. The average molecular weight is 417 g/mol. The fraction of sp³-hybridized carbons (Fsp3) is 0.200. The number of carbonyl (C=O) groups excluding carboxylic acids is 1. The van der Waals surface area contributed by atoms with Crippen molar-refractivity contribution in [3.8, 4) is 28.3 Å². The van der Waals surface area contributed by atoms with Gasteiger partial charge in [0, 0.05) is 18.3 Å². The summed E-state index contributed by atoms with van der Waals surface area (Å²) in [6.45, 7) is 1.19. The molecule has 1 amide bonds. The first-order chi connectivity index (χ1) is 14.3. The Labute approximate surface area is 170 Å². The van der Waals surface area contributed by atoms with Crippen LogP contribution in [0.1, 0.15) is 17.8 Å². The molecule has 10 heteroatoms. The average Bonchev–Trinajstić information content (AvgIpc) is 2.71. The molecule has 0 aliphatic heterocycles. The highest BCUT2D eigenvalue weighted by Gasteiger charge is 2.22. The van der Waals surface area contributed by atoms with E-state index in [1.165, 1.54) is 37.4 Å². The number of likely N-dealkylation sites (N-methyl/N-ethyl adjacent to an activating group) is 1. The van der Waals surface area contributed by atoms with Crippen LogP contribution in [0.25, 0.3) is 22.4 Å². The number of carbonyl (C=O) groups is 1. The molecule has 7 nitrogen and oxygen atoms in total. The van der Waals surface area contributed by atoms with Crippen LogP contribution >= 0.6 is 0 Å². The van der Waals surface area contributed by atoms with E-state index in [1.807, 2.05) is 0 Å². The van der Waals surface area contributed by atoms with E-state index in [0.717, 1.165) is 0 Å². The van der Waals surface area contributed by atoms with E-state index in [9.17, 15) is 18.0 Å². The molecule has 0 saturated heterocycles. The van der Waals surface area contributed by atoms with Crippen molar-refractivity contribution in [1.29, 1.82) is 0 Å². The van der Waals surface area contributed by atoms with E-state index in [2.05, 4.69) is 20.3 Å². The number of hydrogen-bond acceptors (Lipinski definition) is 6. The van der Waals surface area contributed by atoms with Crippen LogP contribution in [0.2, 0.25) is 0 Å². The topological polar surface area (TPSA) is 103 Å². The molecule has 3 rings (SSSR count). The van der Waals surface area contributed by atoms with Crippen LogP contribution in [0.3, 0.4) is 0 Å². The van der Waals surface area contributed by atoms with Gasteiger partial charge in [0.1, 0.15) is 11.5 Å². The van der Waals surface area contributed by atoms with E-state index in [0.29, 0.717) is 16.8 Å². The van der Waals surface area contributed by atoms with Gasteiger partial charge in [0.2, 0.25) is 11.8 Å². The zero-order chi connectivity index (χ0) is 21.8. The molecule has 156 valence electrons. The van der Waals surface area contributed by atoms with Crippen LogP contribution < -0.4 is 15.8 Å². The quantitative estimate of drug-likeness (QED) is 0.638. The Bertz CT molecular complexity index is 1070. The van der Waals surface area contributed by atoms with Crippen molar-refractivity contribution in [3.63, 3.8) is 0 Å². The van der Waals surface area contributed by atoms with Gasteiger partial charge in [-0.25, -0.2) is 18.2 Å². The molecule has 2 heterocycles. The standard InChI is InChI=1S/C20H18F3N5O2/c1-10-7-12(8-14(26-10)18(22)23)16-17(11-3-5-13(21)6-4-11)27-20(24)28-19(16)30-9-15(29)25-2/h3-8,18H,9H2,1-2H3,(H,25,29)(H2,24,27,28). The number of benzene rings is 1. The lowest BCUT2D eigenvalue weighted by Gasteiger charge is -2.16. The number of nitrogens with two attached hydrogens (primary N) is 1. The largest absolute Gasteiger partial charge is 0.467 e. The molecule has 0 atom stereocenters. The highest BCUT2D eigenvalue weighted by atomic mass is 19.3. The molecular weight excluding hydrogens is 399 g/mol. The lowest BCUT2D eigenvalue weighted by atomic mass is 9.99. The highest BCUT2D eigenvalue weighted by molar-refractivity contribution is 5.85. The molecule has 0 fully saturated rings. The highest BCUT2D eigenvalue weighted by Crippen LogP contribution is 2.39. The number of halogens is 3. The van der Waals surface area contributed by atoms with Crippen LogP contribution in [0.5, 0.6) is 5.88 Å². The Morgan fingerprint density at radius 2 is 1.83 bits per heavy atom. The van der Waals surface area contributed by atoms with Crippen LogP contribution in [0, 0.1) is 12.7 Å². The molecule has 3 N–H and O–H groups in total. The first-order valence-corrected chi connectivity index (χ1v) is 8.82. The third-order valence-electron chi connectivity index (χ3n) is 4.12. The monoisotopic (exact) mass is 417 g/mol. The summed E-state index contributed by atoms with van der Waals surface area (Å²) in [5.74, 6) is -1.13. The minimum Gasteiger partial charge on any atom is -0.467 e. The summed E-state index contributed by atoms with van der Waals surface area (Å²) in [6.07, 6.45) is -2.80. The molecule has 2 aromatic heterocycles. The van der Waals surface area contributed by atoms with Crippen molar-refractivity contribution in [2.75, 3.05) is 19.4 Å². The molecule has 0 aliphatic rings. The number of anilines is 1. The summed E-state index contributed by atoms with van der Waals surface area (Å²) in [6, 6.07) is 8.12. The first kappa shape index (κ1) is 21.0. The van der Waals surface area contributed by atoms with Crippen molar-refractivity contribution in [1.82, 2.24) is 20.3 Å². The summed E-state index contributed by atoms with van der Waals surface area (Å²) in [5, 5.41) is 2.41. The van der Waals surface area contributed by atoms with Crippen LogP contribution in [0.15, 0.2) is 36.4 Å². The van der Waals surface area contributed by atoms with Gasteiger partial charge in [-0.15, -0.1) is 0 Å². The number of aryl methyl sites for hydroxylation is 1. The molecule has 0 aliphatic carbocycles. The fourth-order valence-corrected chi connectivity index (χ4v) is 2.79. The number of amides is 1. The first-order valence-electron chi connectivity index (χ1n) is 8.82. The lowest BCUT2D eigenvalue weighted by molar-refractivity contribution is -0.122. The normalized spacial score (nSPS) is 10.9. The predicted molar refractivity (Wildman–Crippen MR) is 104 cm³/mol. The van der Waals surface area contributed by atoms with E-state index in [-0.39, 0.29) is 29.7 Å². The van der Waals surface area contributed by atoms with Crippen LogP contribution in [-0.2, 0) is 4.79 Å². The van der Waals surface area contributed by atoms with Crippen molar-refractivity contribution in [3.05, 3.63) is 53.6 Å². The van der Waals surface area contributed by atoms with E-state index in [1.54, 1.807) is 13.0 Å². The SMILES string of the molecule is CNC(=O)COc1nc(N)nc(-c2ccc(F)cc2)c1-c1cc(C)nc(C(F)F)c1. The second kappa shape index (κ2) is 8.76. The van der Waals surface area contributed by atoms with Gasteiger partial charge in [0.15, 0.2) is 6.61 Å². The second-order valence-corrected chi connectivity index (χ2v) is 6.30. The minimum absolute atomic E-state index is 0.0729. The van der Waals surface area contributed by atoms with Crippen molar-refractivity contribution < 1.29 is 22.7 Å². The predicted octanol–water partition coefficient (Wildman–Crippen LogP) is 3.30. The van der Waals surface area contributed by atoms with Crippen molar-refractivity contribution in [2.45, 2.75) is 13.3 Å². The maximum absolute atomic E-state index is 13.4. The number of ether oxygens (including phenoxy) is 1. The molecule has 3 aromatic rings. The summed E-state index contributed by atoms with van der Waals surface area (Å²) in [7, 11) is 1.44. The van der Waals surface area contributed by atoms with Gasteiger partial charge in [-0.3, -0.25) is 9.78 Å². The second-order valence-electron chi connectivity index (χ2n) is 6.30. The molecule has 0 bridgehead atoms. The summed E-state index contributed by atoms with van der Waals surface area (Å²) >= 11 is 0. The van der Waals surface area contributed by atoms with Gasteiger partial charge in [-0.2, -0.15) is 4.98 Å². The third-order valence-corrected chi connectivity index (χ3v) is 4.12.